The molecule has 0 unspecified atom stereocenters. The van der Waals surface area contributed by atoms with Crippen molar-refractivity contribution >= 4 is 5.82 Å². The van der Waals surface area contributed by atoms with Crippen LogP contribution in [-0.2, 0) is 0 Å². The van der Waals surface area contributed by atoms with Crippen LogP contribution >= 0.6 is 0 Å². The van der Waals surface area contributed by atoms with E-state index < -0.39 is 0 Å². The largest absolute Gasteiger partial charge is 0.710 e. The Morgan fingerprint density at radius 2 is 2.40 bits per heavy atom. The molecule has 0 amide bonds. The van der Waals surface area contributed by atoms with Crippen molar-refractivity contribution in [1.82, 2.24) is 0 Å². The molecule has 1 rings (SSSR count). The minimum atomic E-state index is 0.0602. The van der Waals surface area contributed by atoms with Gasteiger partial charge >= 0.3 is 10.9 Å². The Morgan fingerprint density at radius 3 is 3.00 bits per heavy atom. The molecule has 50 valence electrons. The van der Waals surface area contributed by atoms with Crippen LogP contribution in [0.15, 0.2) is 29.5 Å². The first-order chi connectivity index (χ1) is 4.84. The zero-order chi connectivity index (χ0) is 7.40. The first kappa shape index (κ1) is 6.38. The zero-order valence-corrected chi connectivity index (χ0v) is 5.01. The molecule has 10 heavy (non-hydrogen) atoms. The van der Waals surface area contributed by atoms with Crippen molar-refractivity contribution < 1.29 is 4.73 Å². The number of nitrogens with zero attached hydrogens (tertiary/aromatic N) is 4. The first-order valence-electron chi connectivity index (χ1n) is 2.58. The summed E-state index contributed by atoms with van der Waals surface area (Å²) >= 11 is 0. The van der Waals surface area contributed by atoms with E-state index in [1.165, 1.54) is 12.3 Å². The van der Waals surface area contributed by atoms with E-state index in [4.69, 9.17) is 5.53 Å². The van der Waals surface area contributed by atoms with Crippen LogP contribution in [0.2, 0.25) is 0 Å². The summed E-state index contributed by atoms with van der Waals surface area (Å²) in [6, 6.07) is 4.62. The minimum Gasteiger partial charge on any atom is -0.710 e. The highest BCUT2D eigenvalue weighted by Gasteiger charge is 2.06. The van der Waals surface area contributed by atoms with Crippen molar-refractivity contribution in [2.75, 3.05) is 0 Å². The lowest BCUT2D eigenvalue weighted by Crippen LogP contribution is -2.24. The number of rotatable bonds is 1. The third-order valence-corrected chi connectivity index (χ3v) is 0.951. The fraction of sp³-hybridized carbons (Fsp3) is 0. The third-order valence-electron chi connectivity index (χ3n) is 0.951. The molecule has 5 nitrogen and oxygen atoms in total. The number of hydrogen-bond acceptors (Lipinski definition) is 2. The quantitative estimate of drug-likeness (QED) is 0.188. The van der Waals surface area contributed by atoms with Crippen LogP contribution in [0.5, 0.6) is 0 Å². The number of azide groups is 1. The predicted octanol–water partition coefficient (Wildman–Crippen LogP) is 1.26. The topological polar surface area (TPSA) is 75.7 Å². The lowest BCUT2D eigenvalue weighted by atomic mass is 10.5. The molecule has 1 aromatic rings. The summed E-state index contributed by atoms with van der Waals surface area (Å²) < 4.78 is 0.500. The normalized spacial score (nSPS) is 8.40. The first-order valence-corrected chi connectivity index (χ1v) is 2.58. The Hall–Kier alpha value is -1.74. The fourth-order valence-electron chi connectivity index (χ4n) is 0.543. The van der Waals surface area contributed by atoms with Crippen molar-refractivity contribution in [3.8, 4) is 0 Å². The summed E-state index contributed by atoms with van der Waals surface area (Å²) in [5.74, 6) is 0.0602. The highest BCUT2D eigenvalue weighted by atomic mass is 16.5. The van der Waals surface area contributed by atoms with Gasteiger partial charge in [-0.3, -0.25) is 0 Å². The molecule has 0 aromatic carbocycles. The predicted molar refractivity (Wildman–Crippen MR) is 34.2 cm³/mol. The van der Waals surface area contributed by atoms with E-state index in [0.717, 1.165) is 0 Å². The maximum Gasteiger partial charge on any atom is 0.419 e. The number of pyridine rings is 1. The van der Waals surface area contributed by atoms with Crippen molar-refractivity contribution in [3.63, 3.8) is 0 Å². The Bertz CT molecular complexity index is 279. The Balaban J connectivity index is 3.14. The van der Waals surface area contributed by atoms with Crippen LogP contribution in [0.3, 0.4) is 0 Å². The molecule has 1 aromatic heterocycles. The monoisotopic (exact) mass is 136 g/mol. The molecule has 0 aliphatic carbocycles. The van der Waals surface area contributed by atoms with Gasteiger partial charge in [-0.2, -0.15) is 0 Å². The molecular weight excluding hydrogens is 132 g/mol. The Kier molecular flexibility index (Phi) is 1.72. The molecule has 0 bridgehead atoms. The lowest BCUT2D eigenvalue weighted by Gasteiger charge is -1.96. The van der Waals surface area contributed by atoms with Gasteiger partial charge in [-0.1, -0.05) is 6.07 Å². The molecule has 0 saturated heterocycles. The molecule has 0 spiro atoms. The highest BCUT2D eigenvalue weighted by molar-refractivity contribution is 5.18. The average Bonchev–Trinajstić information content (AvgIpc) is 1.94. The molecular formula is C5H4N4O. The zero-order valence-electron chi connectivity index (χ0n) is 5.01. The molecule has 0 radical (unpaired) electrons. The van der Waals surface area contributed by atoms with Gasteiger partial charge in [0.05, 0.1) is 6.20 Å². The summed E-state index contributed by atoms with van der Waals surface area (Å²) in [5.41, 5.74) is 7.95. The standard InChI is InChI=1S/C5H4N4O/c6-8-7-5-3-1-2-4-9(5)10/h1-4H. The lowest BCUT2D eigenvalue weighted by molar-refractivity contribution is -0.591. The van der Waals surface area contributed by atoms with Crippen molar-refractivity contribution in [2.45, 2.75) is 0 Å². The van der Waals surface area contributed by atoms with E-state index in [2.05, 4.69) is 10.0 Å². The second kappa shape index (κ2) is 2.70. The third kappa shape index (κ3) is 1.15. The minimum absolute atomic E-state index is 0.0602. The van der Waals surface area contributed by atoms with Gasteiger partial charge in [0, 0.05) is 11.6 Å². The van der Waals surface area contributed by atoms with Crippen molar-refractivity contribution in [3.05, 3.63) is 40.0 Å². The maximum absolute atomic E-state index is 10.7. The highest BCUT2D eigenvalue weighted by Crippen LogP contribution is 2.01. The van der Waals surface area contributed by atoms with Crippen LogP contribution < -0.4 is 4.73 Å². The molecule has 0 aliphatic heterocycles. The van der Waals surface area contributed by atoms with Crippen LogP contribution in [-0.4, -0.2) is 0 Å². The SMILES string of the molecule is [N-]=[N+]=Nc1cccc[n+]1[O-]. The van der Waals surface area contributed by atoms with Gasteiger partial charge in [0.15, 0.2) is 0 Å². The van der Waals surface area contributed by atoms with E-state index in [0.29, 0.717) is 4.73 Å². The summed E-state index contributed by atoms with van der Waals surface area (Å²) in [6.45, 7) is 0. The van der Waals surface area contributed by atoms with E-state index in [9.17, 15) is 5.21 Å². The van der Waals surface area contributed by atoms with Crippen LogP contribution in [0, 0.1) is 5.21 Å². The summed E-state index contributed by atoms with van der Waals surface area (Å²) in [4.78, 5) is 2.47. The summed E-state index contributed by atoms with van der Waals surface area (Å²) in [5, 5.41) is 13.8. The van der Waals surface area contributed by atoms with Crippen LogP contribution in [0.1, 0.15) is 0 Å². The molecule has 0 atom stereocenters. The molecule has 5 heteroatoms. The van der Waals surface area contributed by atoms with E-state index in [-0.39, 0.29) is 5.82 Å². The smallest absolute Gasteiger partial charge is 0.419 e. The number of aromatic nitrogens is 1. The molecule has 1 heterocycles. The fourth-order valence-corrected chi connectivity index (χ4v) is 0.543. The van der Waals surface area contributed by atoms with Gasteiger partial charge < -0.3 is 5.21 Å². The maximum atomic E-state index is 10.7. The second-order valence-corrected chi connectivity index (χ2v) is 1.57. The number of hydrogen-bond donors (Lipinski definition) is 0. The van der Waals surface area contributed by atoms with Gasteiger partial charge in [0.2, 0.25) is 4.91 Å². The van der Waals surface area contributed by atoms with E-state index in [1.807, 2.05) is 0 Å². The molecule has 0 aliphatic rings. The van der Waals surface area contributed by atoms with Crippen LogP contribution in [0.25, 0.3) is 10.4 Å². The van der Waals surface area contributed by atoms with Gasteiger partial charge in [0.25, 0.3) is 0 Å². The van der Waals surface area contributed by atoms with Crippen LogP contribution in [0.4, 0.5) is 5.82 Å². The van der Waals surface area contributed by atoms with Gasteiger partial charge in [-0.25, -0.2) is 4.73 Å². The Labute approximate surface area is 56.7 Å². The summed E-state index contributed by atoms with van der Waals surface area (Å²) in [7, 11) is 0. The summed E-state index contributed by atoms with van der Waals surface area (Å²) in [6.07, 6.45) is 1.27. The molecule has 0 saturated carbocycles. The van der Waals surface area contributed by atoms with E-state index in [1.54, 1.807) is 12.1 Å². The average molecular weight is 136 g/mol. The van der Waals surface area contributed by atoms with Crippen molar-refractivity contribution in [1.29, 1.82) is 0 Å². The van der Waals surface area contributed by atoms with Crippen molar-refractivity contribution in [2.24, 2.45) is 5.11 Å². The second-order valence-electron chi connectivity index (χ2n) is 1.57. The van der Waals surface area contributed by atoms with Gasteiger partial charge in [0.1, 0.15) is 0 Å². The molecule has 0 N–H and O–H groups in total. The molecule has 0 fully saturated rings. The van der Waals surface area contributed by atoms with E-state index >= 15 is 0 Å². The Morgan fingerprint density at radius 1 is 1.60 bits per heavy atom. The van der Waals surface area contributed by atoms with Gasteiger partial charge in [-0.15, -0.1) is 0 Å². The van der Waals surface area contributed by atoms with Gasteiger partial charge in [-0.05, 0) is 6.07 Å².